The van der Waals surface area contributed by atoms with Crippen LogP contribution >= 0.6 is 48.0 Å². The number of carboxylic acid groups (broad SMARTS) is 1. The molecule has 2 aromatic heterocycles. The molecule has 0 radical (unpaired) electrons. The number of rotatable bonds is 8. The number of aliphatic carboxylic acids is 1. The largest absolute Gasteiger partial charge is 0.481 e. The van der Waals surface area contributed by atoms with Crippen molar-refractivity contribution in [1.82, 2.24) is 30.1 Å². The molecule has 1 unspecified atom stereocenters. The number of hydrogen-bond acceptors (Lipinski definition) is 9. The first-order valence-corrected chi connectivity index (χ1v) is 15.2. The molecule has 1 atom stereocenters. The summed E-state index contributed by atoms with van der Waals surface area (Å²) in [5.41, 5.74) is 2.52. The van der Waals surface area contributed by atoms with Crippen LogP contribution in [0.4, 0.5) is 5.95 Å². The smallest absolute Gasteiger partial charge is 0.303 e. The van der Waals surface area contributed by atoms with Crippen molar-refractivity contribution >= 4 is 59.9 Å². The summed E-state index contributed by atoms with van der Waals surface area (Å²) >= 11 is 12.6. The van der Waals surface area contributed by atoms with Gasteiger partial charge < -0.3 is 20.1 Å². The third kappa shape index (κ3) is 8.84. The quantitative estimate of drug-likeness (QED) is 0.326. The molecule has 0 aliphatic carbocycles. The second-order valence-electron chi connectivity index (χ2n) is 11.3. The highest BCUT2D eigenvalue weighted by Gasteiger charge is 2.30. The van der Waals surface area contributed by atoms with Crippen LogP contribution < -0.4 is 15.0 Å². The van der Waals surface area contributed by atoms with Gasteiger partial charge in [-0.25, -0.2) is 15.0 Å². The van der Waals surface area contributed by atoms with E-state index in [1.165, 1.54) is 0 Å². The zero-order valence-corrected chi connectivity index (χ0v) is 27.3. The van der Waals surface area contributed by atoms with Crippen LogP contribution in [0.1, 0.15) is 24.8 Å². The molecule has 3 aliphatic rings. The average Bonchev–Trinajstić information content (AvgIpc) is 2.97. The van der Waals surface area contributed by atoms with Crippen LogP contribution in [0, 0.1) is 5.92 Å². The Kier molecular flexibility index (Phi) is 12.3. The maximum Gasteiger partial charge on any atom is 0.303 e. The number of ether oxygens (including phenoxy) is 1. The number of carboxylic acids is 1. The zero-order chi connectivity index (χ0) is 29.1. The molecule has 0 amide bonds. The van der Waals surface area contributed by atoms with E-state index in [9.17, 15) is 4.79 Å². The van der Waals surface area contributed by atoms with E-state index >= 15 is 0 Å². The second-order valence-corrected chi connectivity index (χ2v) is 12.2. The molecule has 0 saturated carbocycles. The van der Waals surface area contributed by atoms with Gasteiger partial charge in [-0.15, -0.1) is 24.8 Å². The van der Waals surface area contributed by atoms with Crippen LogP contribution in [0.15, 0.2) is 42.7 Å². The number of nitrogens with one attached hydrogen (secondary N) is 1. The fourth-order valence-corrected chi connectivity index (χ4v) is 6.63. The molecule has 44 heavy (non-hydrogen) atoms. The summed E-state index contributed by atoms with van der Waals surface area (Å²) in [5, 5.41) is 13.7. The number of piperazine rings is 2. The molecule has 14 heteroatoms. The number of likely N-dealkylation sites (tertiary alicyclic amines) is 1. The lowest BCUT2D eigenvalue weighted by molar-refractivity contribution is -0.138. The van der Waals surface area contributed by atoms with Crippen molar-refractivity contribution in [3.8, 4) is 22.9 Å². The van der Waals surface area contributed by atoms with Crippen molar-refractivity contribution in [2.24, 2.45) is 5.92 Å². The lowest BCUT2D eigenvalue weighted by Gasteiger charge is -2.44. The van der Waals surface area contributed by atoms with Crippen molar-refractivity contribution in [1.29, 1.82) is 0 Å². The molecule has 3 aromatic rings. The Hall–Kier alpha value is -2.44. The van der Waals surface area contributed by atoms with Crippen LogP contribution in [-0.2, 0) is 11.3 Å². The third-order valence-electron chi connectivity index (χ3n) is 8.28. The Labute approximate surface area is 279 Å². The lowest BCUT2D eigenvalue weighted by atomic mass is 9.93. The van der Waals surface area contributed by atoms with Gasteiger partial charge in [0.15, 0.2) is 5.75 Å². The van der Waals surface area contributed by atoms with Crippen molar-refractivity contribution in [2.45, 2.75) is 31.8 Å². The van der Waals surface area contributed by atoms with Gasteiger partial charge >= 0.3 is 5.97 Å². The Morgan fingerprint density at radius 1 is 0.977 bits per heavy atom. The number of pyridine rings is 1. The summed E-state index contributed by atoms with van der Waals surface area (Å²) < 4.78 is 6.20. The van der Waals surface area contributed by atoms with Crippen LogP contribution in [0.5, 0.6) is 11.6 Å². The number of carbonyl (C=O) groups is 1. The summed E-state index contributed by atoms with van der Waals surface area (Å²) in [5.74, 6) is 1.14. The van der Waals surface area contributed by atoms with Crippen LogP contribution in [0.2, 0.25) is 10.0 Å². The summed E-state index contributed by atoms with van der Waals surface area (Å²) in [6.45, 7) is 8.31. The first-order chi connectivity index (χ1) is 20.4. The number of hydrogen-bond donors (Lipinski definition) is 2. The summed E-state index contributed by atoms with van der Waals surface area (Å²) in [7, 11) is 0. The van der Waals surface area contributed by atoms with Crippen molar-refractivity contribution in [2.75, 3.05) is 57.3 Å². The fraction of sp³-hybridized carbons (Fsp3) is 0.467. The second kappa shape index (κ2) is 15.7. The third-order valence-corrected chi connectivity index (χ3v) is 8.71. The van der Waals surface area contributed by atoms with E-state index in [1.54, 1.807) is 18.5 Å². The molecule has 3 aliphatic heterocycles. The highest BCUT2D eigenvalue weighted by Crippen LogP contribution is 2.31. The lowest BCUT2D eigenvalue weighted by Crippen LogP contribution is -2.61. The Bertz CT molecular complexity index is 1390. The summed E-state index contributed by atoms with van der Waals surface area (Å²) in [4.78, 5) is 32.3. The minimum atomic E-state index is -0.727. The fourth-order valence-electron chi connectivity index (χ4n) is 6.11. The maximum atomic E-state index is 11.1. The van der Waals surface area contributed by atoms with E-state index in [0.29, 0.717) is 45.9 Å². The van der Waals surface area contributed by atoms with Crippen LogP contribution in [0.25, 0.3) is 11.3 Å². The molecule has 2 N–H and O–H groups in total. The Morgan fingerprint density at radius 2 is 1.70 bits per heavy atom. The van der Waals surface area contributed by atoms with Crippen LogP contribution in [-0.4, -0.2) is 94.2 Å². The number of piperidine rings is 1. The molecule has 3 fully saturated rings. The summed E-state index contributed by atoms with van der Waals surface area (Å²) in [6, 6.07) is 9.79. The monoisotopic (exact) mass is 683 g/mol. The van der Waals surface area contributed by atoms with Gasteiger partial charge in [0, 0.05) is 80.0 Å². The van der Waals surface area contributed by atoms with Gasteiger partial charge in [-0.05, 0) is 61.7 Å². The molecule has 5 heterocycles. The van der Waals surface area contributed by atoms with E-state index in [1.807, 2.05) is 24.3 Å². The highest BCUT2D eigenvalue weighted by molar-refractivity contribution is 6.35. The van der Waals surface area contributed by atoms with Crippen molar-refractivity contribution < 1.29 is 14.6 Å². The molecule has 238 valence electrons. The van der Waals surface area contributed by atoms with E-state index in [-0.39, 0.29) is 37.2 Å². The molecule has 3 saturated heterocycles. The summed E-state index contributed by atoms with van der Waals surface area (Å²) in [6.07, 6.45) is 5.37. The van der Waals surface area contributed by atoms with Gasteiger partial charge in [-0.1, -0.05) is 23.2 Å². The number of benzene rings is 1. The molecular weight excluding hydrogens is 648 g/mol. The van der Waals surface area contributed by atoms with E-state index in [2.05, 4.69) is 30.0 Å². The first-order valence-electron chi connectivity index (χ1n) is 14.5. The normalized spacial score (nSPS) is 19.4. The molecule has 6 rings (SSSR count). The van der Waals surface area contributed by atoms with E-state index in [0.717, 1.165) is 76.3 Å². The predicted molar refractivity (Wildman–Crippen MR) is 177 cm³/mol. The van der Waals surface area contributed by atoms with Crippen molar-refractivity contribution in [3.63, 3.8) is 0 Å². The molecule has 1 aromatic carbocycles. The van der Waals surface area contributed by atoms with Gasteiger partial charge in [0.2, 0.25) is 11.8 Å². The SMILES string of the molecule is Cl.Cl.O=C(O)CC1CCN(Cc2cc(Oc3cnc(N4CCN5CCNCC5C4)nc3)nc(-c3cc(Cl)cc(Cl)c3)c2)CC1. The molecule has 0 spiro atoms. The molecular formula is C30H37Cl4N7O3. The van der Waals surface area contributed by atoms with Gasteiger partial charge in [0.05, 0.1) is 18.1 Å². The van der Waals surface area contributed by atoms with Gasteiger partial charge in [-0.3, -0.25) is 14.6 Å². The molecule has 0 bridgehead atoms. The average molecular weight is 685 g/mol. The standard InChI is InChI=1S/C30H35Cl2N7O3.2ClH/c31-23-12-22(13-24(32)14-23)27-9-21(18-37-4-1-20(2-5-37)11-29(40)41)10-28(36-27)42-26-16-34-30(35-17-26)39-8-7-38-6-3-33-15-25(38)19-39;;/h9-10,12-14,16-17,20,25,33H,1-8,11,15,18-19H2,(H,40,41);2*1H. The van der Waals surface area contributed by atoms with Gasteiger partial charge in [-0.2, -0.15) is 0 Å². The first kappa shape index (κ1) is 34.4. The Balaban J connectivity index is 0.00000221. The minimum Gasteiger partial charge on any atom is -0.481 e. The van der Waals surface area contributed by atoms with Crippen molar-refractivity contribution in [3.05, 3.63) is 58.3 Å². The van der Waals surface area contributed by atoms with Crippen LogP contribution in [0.3, 0.4) is 0 Å². The van der Waals surface area contributed by atoms with Gasteiger partial charge in [0.25, 0.3) is 0 Å². The predicted octanol–water partition coefficient (Wildman–Crippen LogP) is 5.26. The number of aromatic nitrogens is 3. The number of nitrogens with zero attached hydrogens (tertiary/aromatic N) is 6. The van der Waals surface area contributed by atoms with E-state index < -0.39 is 5.97 Å². The number of halogens is 4. The van der Waals surface area contributed by atoms with E-state index in [4.69, 9.17) is 38.0 Å². The minimum absolute atomic E-state index is 0. The number of fused-ring (bicyclic) bond motifs is 1. The highest BCUT2D eigenvalue weighted by atomic mass is 35.5. The number of anilines is 1. The van der Waals surface area contributed by atoms with Gasteiger partial charge in [0.1, 0.15) is 0 Å². The molecule has 10 nitrogen and oxygen atoms in total. The topological polar surface area (TPSA) is 107 Å². The zero-order valence-electron chi connectivity index (χ0n) is 24.2. The Morgan fingerprint density at radius 3 is 2.41 bits per heavy atom. The maximum absolute atomic E-state index is 11.1.